The molecular weight excluding hydrogens is 1350 g/mol. The first-order chi connectivity index (χ1) is 47.9. The van der Waals surface area contributed by atoms with Crippen LogP contribution < -0.4 is 38.5 Å². The van der Waals surface area contributed by atoms with Crippen LogP contribution in [0, 0.1) is 27.7 Å². The molecule has 100 heavy (non-hydrogen) atoms. The molecule has 0 amide bonds. The number of ether oxygens (including phenoxy) is 4. The predicted molar refractivity (Wildman–Crippen MR) is 398 cm³/mol. The Balaban J connectivity index is 0.000000156. The van der Waals surface area contributed by atoms with Crippen molar-refractivity contribution in [1.82, 2.24) is 21.3 Å². The van der Waals surface area contributed by atoms with Gasteiger partial charge in [0.05, 0.1) is 66.5 Å². The van der Waals surface area contributed by atoms with Crippen molar-refractivity contribution >= 4 is 62.8 Å². The highest BCUT2D eigenvalue weighted by Gasteiger charge is 2.39. The Labute approximate surface area is 593 Å². The van der Waals surface area contributed by atoms with Crippen molar-refractivity contribution in [3.63, 3.8) is 0 Å². The summed E-state index contributed by atoms with van der Waals surface area (Å²) in [5.41, 5.74) is 13.7. The molecule has 4 N–H and O–H groups in total. The Morgan fingerprint density at radius 2 is 0.520 bits per heavy atom. The summed E-state index contributed by atoms with van der Waals surface area (Å²) in [6.07, 6.45) is 3.44. The van der Waals surface area contributed by atoms with Crippen molar-refractivity contribution < 1.29 is 52.6 Å². The number of nitrogens with zero attached hydrogens (tertiary/aromatic N) is 4. The van der Waals surface area contributed by atoms with E-state index in [0.29, 0.717) is 68.8 Å². The zero-order chi connectivity index (χ0) is 72.1. The number of aryl methyl sites for hydroxylation is 4. The number of para-hydroxylation sites is 4. The van der Waals surface area contributed by atoms with E-state index >= 15 is 0 Å². The van der Waals surface area contributed by atoms with E-state index in [1.165, 1.54) is 17.2 Å². The first-order valence-electron chi connectivity index (χ1n) is 33.5. The molecule has 536 valence electrons. The quantitative estimate of drug-likeness (QED) is 0.0519. The maximum absolute atomic E-state index is 13.1. The van der Waals surface area contributed by atoms with Gasteiger partial charge in [-0.3, -0.25) is 17.2 Å². The third-order valence-electron chi connectivity index (χ3n) is 18.3. The van der Waals surface area contributed by atoms with Crippen molar-refractivity contribution in [2.24, 2.45) is 0 Å². The molecule has 4 atom stereocenters. The van der Waals surface area contributed by atoms with E-state index in [1.54, 1.807) is 80.9 Å². The smallest absolute Gasteiger partial charge is 0.264 e. The molecule has 4 unspecified atom stereocenters. The second-order valence-electron chi connectivity index (χ2n) is 25.2. The summed E-state index contributed by atoms with van der Waals surface area (Å²) >= 11 is 0. The Morgan fingerprint density at radius 3 is 0.790 bits per heavy atom. The molecule has 4 heterocycles. The van der Waals surface area contributed by atoms with Gasteiger partial charge in [-0.1, -0.05) is 127 Å². The van der Waals surface area contributed by atoms with Crippen molar-refractivity contribution in [2.45, 2.75) is 97.1 Å². The monoisotopic (exact) mass is 1440 g/mol. The van der Waals surface area contributed by atoms with Crippen LogP contribution in [0.1, 0.15) is 117 Å². The minimum Gasteiger partial charge on any atom is -0.385 e. The molecular formula is C76H96N8O12S4. The Morgan fingerprint density at radius 1 is 0.290 bits per heavy atom. The lowest BCUT2D eigenvalue weighted by atomic mass is 9.95. The van der Waals surface area contributed by atoms with Gasteiger partial charge >= 0.3 is 0 Å². The number of sulfonamides is 4. The number of fused-ring (bicyclic) bond motifs is 8. The van der Waals surface area contributed by atoms with Gasteiger partial charge in [-0.05, 0) is 189 Å². The lowest BCUT2D eigenvalue weighted by Crippen LogP contribution is -2.26. The molecule has 12 rings (SSSR count). The largest absolute Gasteiger partial charge is 0.385 e. The fraction of sp³-hybridized carbons (Fsp3) is 0.368. The SMILES string of the molecule is COCCCNC1c2ccccc2N(C)S(=O)(=O)c2cc(C)ccc21.COCCCNC1c2ccccc2N(C)S(=O)(=O)c2cc(C)ccc21.COCCCNC1c2ccccc2N(C)S(=O)(=O)c2cc(C)ccc21.COCCCNC1c2ccccc2N(C)S(=O)(=O)c2ccc(C)cc21. The average Bonchev–Trinajstić information content (AvgIpc) is 1.61. The van der Waals surface area contributed by atoms with E-state index in [0.717, 1.165) is 119 Å². The highest BCUT2D eigenvalue weighted by atomic mass is 32.2. The average molecular weight is 1440 g/mol. The van der Waals surface area contributed by atoms with Crippen molar-refractivity contribution in [3.05, 3.63) is 237 Å². The summed E-state index contributed by atoms with van der Waals surface area (Å²) in [4.78, 5) is 1.47. The third-order valence-corrected chi connectivity index (χ3v) is 25.6. The van der Waals surface area contributed by atoms with Gasteiger partial charge in [0.25, 0.3) is 40.1 Å². The van der Waals surface area contributed by atoms with Crippen LogP contribution in [0.3, 0.4) is 0 Å². The van der Waals surface area contributed by atoms with E-state index in [4.69, 9.17) is 18.9 Å². The van der Waals surface area contributed by atoms with Gasteiger partial charge in [0.15, 0.2) is 0 Å². The maximum Gasteiger partial charge on any atom is 0.264 e. The molecule has 0 aromatic heterocycles. The summed E-state index contributed by atoms with van der Waals surface area (Å²) in [6.45, 7) is 13.3. The molecule has 8 aromatic rings. The van der Waals surface area contributed by atoms with Gasteiger partial charge in [0.2, 0.25) is 0 Å². The number of benzene rings is 8. The maximum atomic E-state index is 13.1. The zero-order valence-corrected chi connectivity index (χ0v) is 62.5. The van der Waals surface area contributed by atoms with Crippen LogP contribution in [0.5, 0.6) is 0 Å². The van der Waals surface area contributed by atoms with E-state index in [9.17, 15) is 33.7 Å². The normalized spacial score (nSPS) is 18.4. The fourth-order valence-electron chi connectivity index (χ4n) is 13.0. The van der Waals surface area contributed by atoms with Gasteiger partial charge in [0.1, 0.15) is 0 Å². The predicted octanol–water partition coefficient (Wildman–Crippen LogP) is 11.4. The zero-order valence-electron chi connectivity index (χ0n) is 59.3. The van der Waals surface area contributed by atoms with Gasteiger partial charge in [-0.25, -0.2) is 33.7 Å². The van der Waals surface area contributed by atoms with E-state index in [1.807, 2.05) is 173 Å². The number of methoxy groups -OCH3 is 4. The Kier molecular flexibility index (Phi) is 26.0. The minimum atomic E-state index is -3.59. The molecule has 8 aromatic carbocycles. The lowest BCUT2D eigenvalue weighted by molar-refractivity contribution is 0.193. The van der Waals surface area contributed by atoms with Crippen molar-refractivity contribution in [1.29, 1.82) is 0 Å². The van der Waals surface area contributed by atoms with Crippen LogP contribution in [-0.2, 0) is 59.0 Å². The summed E-state index contributed by atoms with van der Waals surface area (Å²) < 4.78 is 131. The second kappa shape index (κ2) is 33.9. The molecule has 0 spiro atoms. The van der Waals surface area contributed by atoms with Crippen LogP contribution in [0.2, 0.25) is 0 Å². The van der Waals surface area contributed by atoms with Gasteiger partial charge < -0.3 is 40.2 Å². The molecule has 0 fully saturated rings. The van der Waals surface area contributed by atoms with E-state index in [2.05, 4.69) is 21.3 Å². The van der Waals surface area contributed by atoms with Crippen LogP contribution in [0.15, 0.2) is 189 Å². The van der Waals surface area contributed by atoms with Crippen molar-refractivity contribution in [2.75, 3.05) is 126 Å². The topological polar surface area (TPSA) is 235 Å². The minimum absolute atomic E-state index is 0.177. The molecule has 0 radical (unpaired) electrons. The molecule has 4 aliphatic rings. The van der Waals surface area contributed by atoms with E-state index < -0.39 is 40.1 Å². The molecule has 0 saturated heterocycles. The summed E-state index contributed by atoms with van der Waals surface area (Å²) in [5.74, 6) is 0. The molecule has 24 heteroatoms. The van der Waals surface area contributed by atoms with Gasteiger partial charge in [0, 0.05) is 83.1 Å². The summed E-state index contributed by atoms with van der Waals surface area (Å²) in [5, 5.41) is 14.1. The van der Waals surface area contributed by atoms with Crippen LogP contribution in [-0.4, -0.2) is 143 Å². The lowest BCUT2D eigenvalue weighted by Gasteiger charge is -2.22. The Hall–Kier alpha value is -7.56. The summed E-state index contributed by atoms with van der Waals surface area (Å²) in [7, 11) is -1.17. The number of hydrogen-bond donors (Lipinski definition) is 4. The highest BCUT2D eigenvalue weighted by molar-refractivity contribution is 7.93. The number of rotatable bonds is 20. The molecule has 0 saturated carbocycles. The first kappa shape index (κ1) is 76.6. The summed E-state index contributed by atoms with van der Waals surface area (Å²) in [6, 6.07) is 52.4. The van der Waals surface area contributed by atoms with Crippen molar-refractivity contribution in [3.8, 4) is 0 Å². The second-order valence-corrected chi connectivity index (χ2v) is 33.0. The number of hydrogen-bond acceptors (Lipinski definition) is 16. The molecule has 0 aliphatic carbocycles. The van der Waals surface area contributed by atoms with Crippen LogP contribution in [0.4, 0.5) is 22.7 Å². The fourth-order valence-corrected chi connectivity index (χ4v) is 19.1. The number of nitrogens with one attached hydrogen (secondary N) is 4. The molecule has 4 aliphatic heterocycles. The highest BCUT2D eigenvalue weighted by Crippen LogP contribution is 2.45. The van der Waals surface area contributed by atoms with Crippen LogP contribution >= 0.6 is 0 Å². The third kappa shape index (κ3) is 16.7. The molecule has 0 bridgehead atoms. The van der Waals surface area contributed by atoms with Gasteiger partial charge in [-0.2, -0.15) is 0 Å². The standard InChI is InChI=1S/4C19H24N2O3S/c1-14-9-10-18-16(13-14)19(20-11-6-12-24-3)15-7-4-5-8-17(15)21(2)25(18,22)23;3*1-14-9-10-16-18(13-14)25(22,23)21(2)17-8-5-4-7-15(17)19(16)20-11-6-12-24-3/h4*4-5,7-10,13,19-20H,6,11-12H2,1-3H3. The molecule has 20 nitrogen and oxygen atoms in total. The van der Waals surface area contributed by atoms with Gasteiger partial charge in [-0.15, -0.1) is 0 Å². The first-order valence-corrected chi connectivity index (χ1v) is 39.3. The Bertz CT molecular complexity index is 4270. The number of anilines is 4. The van der Waals surface area contributed by atoms with E-state index in [-0.39, 0.29) is 24.2 Å². The van der Waals surface area contributed by atoms with Crippen LogP contribution in [0.25, 0.3) is 0 Å².